The summed E-state index contributed by atoms with van der Waals surface area (Å²) in [6, 6.07) is 0. The van der Waals surface area contributed by atoms with Crippen molar-refractivity contribution in [2.24, 2.45) is 0 Å². The van der Waals surface area contributed by atoms with Crippen molar-refractivity contribution in [2.45, 2.75) is 25.4 Å². The molecule has 1 saturated heterocycles. The lowest BCUT2D eigenvalue weighted by Crippen LogP contribution is -2.36. The van der Waals surface area contributed by atoms with Crippen molar-refractivity contribution in [2.75, 3.05) is 6.54 Å². The minimum Gasteiger partial charge on any atom is -0.330 e. The zero-order valence-electron chi connectivity index (χ0n) is 12.5. The highest BCUT2D eigenvalue weighted by molar-refractivity contribution is 7.80. The number of hydrogen-bond acceptors (Lipinski definition) is 9. The molecule has 1 unspecified atom stereocenters. The third-order valence-corrected chi connectivity index (χ3v) is 3.63. The molecule has 2 heterocycles. The predicted molar refractivity (Wildman–Crippen MR) is 74.1 cm³/mol. The molecule has 0 aromatic heterocycles. The van der Waals surface area contributed by atoms with Crippen LogP contribution in [0.5, 0.6) is 0 Å². The highest BCUT2D eigenvalue weighted by atomic mass is 32.3. The van der Waals surface area contributed by atoms with Gasteiger partial charge in [0, 0.05) is 25.1 Å². The molecule has 2 aliphatic rings. The van der Waals surface area contributed by atoms with Crippen molar-refractivity contribution < 1.29 is 46.0 Å². The van der Waals surface area contributed by atoms with E-state index in [1.807, 2.05) is 0 Å². The first-order valence-electron chi connectivity index (χ1n) is 6.85. The van der Waals surface area contributed by atoms with Crippen LogP contribution in [-0.2, 0) is 43.4 Å². The maximum absolute atomic E-state index is 11.7. The number of carbonyl (C=O) groups is 5. The molecular weight excluding hydrogens is 364 g/mol. The van der Waals surface area contributed by atoms with Gasteiger partial charge in [0.25, 0.3) is 23.6 Å². The van der Waals surface area contributed by atoms with Gasteiger partial charge in [-0.1, -0.05) is 5.06 Å². The van der Waals surface area contributed by atoms with E-state index in [1.165, 1.54) is 0 Å². The number of rotatable bonds is 7. The van der Waals surface area contributed by atoms with Gasteiger partial charge in [-0.05, 0) is 6.42 Å². The maximum Gasteiger partial charge on any atom is 0.398 e. The Morgan fingerprint density at radius 2 is 1.80 bits per heavy atom. The Balaban J connectivity index is 1.82. The molecule has 0 saturated carbocycles. The van der Waals surface area contributed by atoms with E-state index >= 15 is 0 Å². The zero-order chi connectivity index (χ0) is 18.8. The van der Waals surface area contributed by atoms with Crippen LogP contribution < -0.4 is 0 Å². The van der Waals surface area contributed by atoms with Crippen molar-refractivity contribution in [3.05, 3.63) is 12.2 Å². The topological polar surface area (TPSA) is 165 Å². The van der Waals surface area contributed by atoms with Gasteiger partial charge < -0.3 is 4.84 Å². The first kappa shape index (κ1) is 18.7. The number of carbonyl (C=O) groups excluding carboxylic acids is 5. The molecular formula is C12H12N2O10S. The van der Waals surface area contributed by atoms with Gasteiger partial charge in [0.2, 0.25) is 0 Å². The third-order valence-electron chi connectivity index (χ3n) is 3.16. The quantitative estimate of drug-likeness (QED) is 0.392. The molecule has 0 aromatic rings. The van der Waals surface area contributed by atoms with E-state index < -0.39 is 52.5 Å². The Kier molecular flexibility index (Phi) is 5.30. The molecule has 0 aliphatic carbocycles. The average Bonchev–Trinajstić information content (AvgIpc) is 2.93. The fourth-order valence-corrected chi connectivity index (χ4v) is 2.52. The third kappa shape index (κ3) is 4.68. The van der Waals surface area contributed by atoms with E-state index in [9.17, 15) is 32.4 Å². The largest absolute Gasteiger partial charge is 0.398 e. The number of nitrogens with zero attached hydrogens (tertiary/aromatic N) is 2. The fraction of sp³-hybridized carbons (Fsp3) is 0.417. The fourth-order valence-electron chi connectivity index (χ4n) is 2.08. The summed E-state index contributed by atoms with van der Waals surface area (Å²) in [5.41, 5.74) is 0. The molecule has 12 nitrogen and oxygen atoms in total. The molecule has 0 radical (unpaired) electrons. The van der Waals surface area contributed by atoms with Crippen LogP contribution in [0.25, 0.3) is 0 Å². The first-order valence-corrected chi connectivity index (χ1v) is 8.22. The summed E-state index contributed by atoms with van der Waals surface area (Å²) in [7, 11) is -4.97. The van der Waals surface area contributed by atoms with E-state index in [1.54, 1.807) is 0 Å². The minimum atomic E-state index is -4.97. The summed E-state index contributed by atoms with van der Waals surface area (Å²) < 4.78 is 33.6. The van der Waals surface area contributed by atoms with E-state index in [0.29, 0.717) is 0 Å². The number of hydrogen-bond donors (Lipinski definition) is 1. The van der Waals surface area contributed by atoms with Crippen molar-refractivity contribution in [1.82, 2.24) is 9.96 Å². The monoisotopic (exact) mass is 376 g/mol. The van der Waals surface area contributed by atoms with Crippen LogP contribution in [0.4, 0.5) is 0 Å². The Labute approximate surface area is 140 Å². The summed E-state index contributed by atoms with van der Waals surface area (Å²) in [4.78, 5) is 62.9. The summed E-state index contributed by atoms with van der Waals surface area (Å²) in [6.45, 7) is -0.0594. The van der Waals surface area contributed by atoms with Gasteiger partial charge in [-0.3, -0.25) is 28.6 Å². The van der Waals surface area contributed by atoms with E-state index in [-0.39, 0.29) is 24.4 Å². The standard InChI is InChI=1S/C12H12N2O10S/c15-8-3-4-9(16)13(8)5-1-2-11(18)23-14-10(17)6-7(12(14)19)24-25(20,21)22/h3-4,7H,1-2,5-6H2,(H,20,21,22). The number of imide groups is 2. The highest BCUT2D eigenvalue weighted by Crippen LogP contribution is 2.19. The SMILES string of the molecule is O=C(CCCN1C(=O)C=CC1=O)ON1C(=O)CC(OS(=O)(=O)O)C1=O. The second-order valence-electron chi connectivity index (χ2n) is 4.97. The second kappa shape index (κ2) is 7.08. The van der Waals surface area contributed by atoms with Crippen LogP contribution in [0.2, 0.25) is 0 Å². The van der Waals surface area contributed by atoms with Crippen molar-refractivity contribution in [3.63, 3.8) is 0 Å². The Hall–Kier alpha value is -2.64. The smallest absolute Gasteiger partial charge is 0.330 e. The van der Waals surface area contributed by atoms with Crippen molar-refractivity contribution >= 4 is 40.0 Å². The molecule has 4 amide bonds. The van der Waals surface area contributed by atoms with Gasteiger partial charge >= 0.3 is 16.4 Å². The molecule has 1 N–H and O–H groups in total. The molecule has 2 rings (SSSR count). The average molecular weight is 376 g/mol. The summed E-state index contributed by atoms with van der Waals surface area (Å²) in [5.74, 6) is -4.34. The lowest BCUT2D eigenvalue weighted by atomic mass is 10.3. The minimum absolute atomic E-state index is 0.0269. The van der Waals surface area contributed by atoms with Crippen LogP contribution in [0, 0.1) is 0 Å². The predicted octanol–water partition coefficient (Wildman–Crippen LogP) is -1.90. The molecule has 1 fully saturated rings. The van der Waals surface area contributed by atoms with Crippen molar-refractivity contribution in [3.8, 4) is 0 Å². The summed E-state index contributed by atoms with van der Waals surface area (Å²) >= 11 is 0. The van der Waals surface area contributed by atoms with Crippen LogP contribution in [0.15, 0.2) is 12.2 Å². The lowest BCUT2D eigenvalue weighted by molar-refractivity contribution is -0.198. The molecule has 13 heteroatoms. The van der Waals surface area contributed by atoms with E-state index in [0.717, 1.165) is 17.1 Å². The number of amides is 4. The summed E-state index contributed by atoms with van der Waals surface area (Å²) in [6.07, 6.45) is -0.679. The molecule has 1 atom stereocenters. The Morgan fingerprint density at radius 1 is 1.20 bits per heavy atom. The molecule has 136 valence electrons. The zero-order valence-corrected chi connectivity index (χ0v) is 13.3. The molecule has 0 spiro atoms. The molecule has 0 bridgehead atoms. The van der Waals surface area contributed by atoms with Gasteiger partial charge in [0.05, 0.1) is 6.42 Å². The highest BCUT2D eigenvalue weighted by Gasteiger charge is 2.44. The van der Waals surface area contributed by atoms with Crippen LogP contribution in [0.3, 0.4) is 0 Å². The Morgan fingerprint density at radius 3 is 2.36 bits per heavy atom. The van der Waals surface area contributed by atoms with Gasteiger partial charge in [0.15, 0.2) is 6.10 Å². The molecule has 0 aromatic carbocycles. The number of hydroxylamine groups is 2. The van der Waals surface area contributed by atoms with Gasteiger partial charge in [-0.2, -0.15) is 8.42 Å². The summed E-state index contributed by atoms with van der Waals surface area (Å²) in [5, 5.41) is 0.0475. The second-order valence-corrected chi connectivity index (χ2v) is 6.02. The van der Waals surface area contributed by atoms with Gasteiger partial charge in [-0.25, -0.2) is 8.98 Å². The van der Waals surface area contributed by atoms with Crippen molar-refractivity contribution in [1.29, 1.82) is 0 Å². The van der Waals surface area contributed by atoms with E-state index in [2.05, 4.69) is 9.02 Å². The molecule has 25 heavy (non-hydrogen) atoms. The van der Waals surface area contributed by atoms with Gasteiger partial charge in [-0.15, -0.1) is 0 Å². The van der Waals surface area contributed by atoms with Crippen LogP contribution in [0.1, 0.15) is 19.3 Å². The molecule has 2 aliphatic heterocycles. The van der Waals surface area contributed by atoms with E-state index in [4.69, 9.17) is 4.55 Å². The van der Waals surface area contributed by atoms with Gasteiger partial charge in [0.1, 0.15) is 0 Å². The van der Waals surface area contributed by atoms with Crippen LogP contribution >= 0.6 is 0 Å². The first-order chi connectivity index (χ1) is 11.6. The van der Waals surface area contributed by atoms with Crippen LogP contribution in [-0.4, -0.2) is 65.2 Å². The Bertz CT molecular complexity index is 753. The lowest BCUT2D eigenvalue weighted by Gasteiger charge is -2.15. The normalized spacial score (nSPS) is 20.8. The maximum atomic E-state index is 11.7.